The fourth-order valence-electron chi connectivity index (χ4n) is 4.81. The Labute approximate surface area is 219 Å². The first-order chi connectivity index (χ1) is 18.1. The zero-order valence-corrected chi connectivity index (χ0v) is 22.2. The predicted molar refractivity (Wildman–Crippen MR) is 143 cm³/mol. The van der Waals surface area contributed by atoms with Gasteiger partial charge in [0.25, 0.3) is 0 Å². The molecule has 9 heteroatoms. The zero-order chi connectivity index (χ0) is 26.0. The van der Waals surface area contributed by atoms with Crippen molar-refractivity contribution in [1.29, 1.82) is 0 Å². The standard InChI is InChI=1S/C28H38N6O3/c1-4-37-24-9-8-22(18-25(24)36-3)10-12-30-28(35)19-23-7-5-6-14-34(23)27-17-21(2)31-26(32-27)11-15-33-16-13-29-20-33/h8-9,13,16-18,20,23H,4-7,10-12,14-15,19H2,1-3H3,(H,30,35). The highest BCUT2D eigenvalue weighted by atomic mass is 16.5. The Morgan fingerprint density at radius 3 is 2.84 bits per heavy atom. The van der Waals surface area contributed by atoms with Crippen LogP contribution in [0.25, 0.3) is 0 Å². The molecule has 9 nitrogen and oxygen atoms in total. The molecule has 1 unspecified atom stereocenters. The van der Waals surface area contributed by atoms with Crippen molar-refractivity contribution < 1.29 is 14.3 Å². The second-order valence-electron chi connectivity index (χ2n) is 9.40. The summed E-state index contributed by atoms with van der Waals surface area (Å²) in [5.74, 6) is 3.27. The molecule has 198 valence electrons. The number of methoxy groups -OCH3 is 1. The molecule has 1 amide bonds. The van der Waals surface area contributed by atoms with Gasteiger partial charge in [0.05, 0.1) is 20.0 Å². The van der Waals surface area contributed by atoms with Gasteiger partial charge in [0.15, 0.2) is 11.5 Å². The number of carbonyl (C=O) groups excluding carboxylic acids is 1. The predicted octanol–water partition coefficient (Wildman–Crippen LogP) is 3.74. The van der Waals surface area contributed by atoms with E-state index in [-0.39, 0.29) is 11.9 Å². The summed E-state index contributed by atoms with van der Waals surface area (Å²) >= 11 is 0. The van der Waals surface area contributed by atoms with Crippen molar-refractivity contribution in [3.8, 4) is 11.5 Å². The molecule has 1 N–H and O–H groups in total. The minimum atomic E-state index is 0.0703. The lowest BCUT2D eigenvalue weighted by atomic mass is 9.98. The summed E-state index contributed by atoms with van der Waals surface area (Å²) in [6.07, 6.45) is 10.7. The fraction of sp³-hybridized carbons (Fsp3) is 0.500. The summed E-state index contributed by atoms with van der Waals surface area (Å²) in [6.45, 7) is 6.81. The first-order valence-electron chi connectivity index (χ1n) is 13.2. The average molecular weight is 507 g/mol. The quantitative estimate of drug-likeness (QED) is 0.400. The van der Waals surface area contributed by atoms with Crippen LogP contribution < -0.4 is 19.7 Å². The molecule has 37 heavy (non-hydrogen) atoms. The number of rotatable bonds is 12. The Kier molecular flexibility index (Phi) is 9.35. The molecule has 3 heterocycles. The average Bonchev–Trinajstić information content (AvgIpc) is 3.42. The van der Waals surface area contributed by atoms with E-state index in [9.17, 15) is 4.79 Å². The van der Waals surface area contributed by atoms with Gasteiger partial charge in [0.2, 0.25) is 5.91 Å². The number of benzene rings is 1. The number of anilines is 1. The van der Waals surface area contributed by atoms with Crippen molar-refractivity contribution in [3.63, 3.8) is 0 Å². The molecule has 3 aromatic rings. The van der Waals surface area contributed by atoms with E-state index < -0.39 is 0 Å². The number of ether oxygens (including phenoxy) is 2. The van der Waals surface area contributed by atoms with Crippen LogP contribution in [0.15, 0.2) is 43.0 Å². The third-order valence-corrected chi connectivity index (χ3v) is 6.65. The summed E-state index contributed by atoms with van der Waals surface area (Å²) in [7, 11) is 1.64. The molecule has 1 fully saturated rings. The van der Waals surface area contributed by atoms with Crippen molar-refractivity contribution in [2.45, 2.75) is 65.0 Å². The summed E-state index contributed by atoms with van der Waals surface area (Å²) in [4.78, 5) is 28.8. The summed E-state index contributed by atoms with van der Waals surface area (Å²) in [5, 5.41) is 3.11. The molecule has 2 aromatic heterocycles. The van der Waals surface area contributed by atoms with E-state index in [1.54, 1.807) is 13.3 Å². The van der Waals surface area contributed by atoms with Gasteiger partial charge in [-0.05, 0) is 57.2 Å². The van der Waals surface area contributed by atoms with Gasteiger partial charge < -0.3 is 24.3 Å². The van der Waals surface area contributed by atoms with Gasteiger partial charge in [-0.3, -0.25) is 4.79 Å². The van der Waals surface area contributed by atoms with Gasteiger partial charge in [0, 0.05) is 62.7 Å². The Balaban J connectivity index is 1.33. The van der Waals surface area contributed by atoms with Crippen LogP contribution in [0.4, 0.5) is 5.82 Å². The molecule has 1 aliphatic rings. The summed E-state index contributed by atoms with van der Waals surface area (Å²) in [6, 6.07) is 8.09. The SMILES string of the molecule is CCOc1ccc(CCNC(=O)CC2CCCCN2c2cc(C)nc(CCn3ccnc3)n2)cc1OC. The van der Waals surface area contributed by atoms with Crippen LogP contribution in [0.1, 0.15) is 49.7 Å². The van der Waals surface area contributed by atoms with Gasteiger partial charge in [-0.25, -0.2) is 15.0 Å². The molecular formula is C28H38N6O3. The van der Waals surface area contributed by atoms with Crippen molar-refractivity contribution >= 4 is 11.7 Å². The largest absolute Gasteiger partial charge is 0.493 e. The molecular weight excluding hydrogens is 468 g/mol. The number of aryl methyl sites for hydroxylation is 3. The van der Waals surface area contributed by atoms with Gasteiger partial charge in [0.1, 0.15) is 11.6 Å². The number of hydrogen-bond donors (Lipinski definition) is 1. The number of carbonyl (C=O) groups is 1. The maximum Gasteiger partial charge on any atom is 0.222 e. The van der Waals surface area contributed by atoms with Crippen LogP contribution in [0, 0.1) is 6.92 Å². The maximum absolute atomic E-state index is 12.9. The van der Waals surface area contributed by atoms with E-state index in [0.29, 0.717) is 25.3 Å². The fourth-order valence-corrected chi connectivity index (χ4v) is 4.81. The summed E-state index contributed by atoms with van der Waals surface area (Å²) in [5.41, 5.74) is 2.05. The van der Waals surface area contributed by atoms with Crippen LogP contribution in [0.2, 0.25) is 0 Å². The van der Waals surface area contributed by atoms with Crippen molar-refractivity contribution in [3.05, 3.63) is 60.1 Å². The van der Waals surface area contributed by atoms with E-state index >= 15 is 0 Å². The number of nitrogens with one attached hydrogen (secondary N) is 1. The Bertz CT molecular complexity index is 1150. The third kappa shape index (κ3) is 7.44. The van der Waals surface area contributed by atoms with E-state index in [0.717, 1.165) is 73.8 Å². The van der Waals surface area contributed by atoms with Gasteiger partial charge in [-0.2, -0.15) is 0 Å². The number of nitrogens with zero attached hydrogens (tertiary/aromatic N) is 5. The molecule has 0 saturated carbocycles. The highest BCUT2D eigenvalue weighted by Crippen LogP contribution is 2.28. The number of piperidine rings is 1. The molecule has 0 aliphatic carbocycles. The third-order valence-electron chi connectivity index (χ3n) is 6.65. The van der Waals surface area contributed by atoms with E-state index in [4.69, 9.17) is 14.5 Å². The monoisotopic (exact) mass is 506 g/mol. The van der Waals surface area contributed by atoms with Crippen LogP contribution in [0.5, 0.6) is 11.5 Å². The first kappa shape index (κ1) is 26.4. The number of imidazole rings is 1. The Morgan fingerprint density at radius 2 is 2.05 bits per heavy atom. The van der Waals surface area contributed by atoms with Gasteiger partial charge in [-0.15, -0.1) is 0 Å². The molecule has 0 bridgehead atoms. The Hall–Kier alpha value is -3.62. The van der Waals surface area contributed by atoms with Crippen LogP contribution >= 0.6 is 0 Å². The number of hydrogen-bond acceptors (Lipinski definition) is 7. The Morgan fingerprint density at radius 1 is 1.16 bits per heavy atom. The normalized spacial score (nSPS) is 15.4. The minimum Gasteiger partial charge on any atom is -0.493 e. The van der Waals surface area contributed by atoms with Gasteiger partial charge >= 0.3 is 0 Å². The minimum absolute atomic E-state index is 0.0703. The molecule has 1 aliphatic heterocycles. The van der Waals surface area contributed by atoms with Crippen molar-refractivity contribution in [1.82, 2.24) is 24.8 Å². The van der Waals surface area contributed by atoms with Gasteiger partial charge in [-0.1, -0.05) is 6.07 Å². The maximum atomic E-state index is 12.9. The van der Waals surface area contributed by atoms with Crippen molar-refractivity contribution in [2.75, 3.05) is 31.7 Å². The molecule has 4 rings (SSSR count). The molecule has 1 aromatic carbocycles. The van der Waals surface area contributed by atoms with E-state index in [1.807, 2.05) is 55.2 Å². The highest BCUT2D eigenvalue weighted by molar-refractivity contribution is 5.77. The molecule has 0 radical (unpaired) electrons. The number of amides is 1. The first-order valence-corrected chi connectivity index (χ1v) is 13.2. The topological polar surface area (TPSA) is 94.4 Å². The second-order valence-corrected chi connectivity index (χ2v) is 9.40. The van der Waals surface area contributed by atoms with E-state index in [2.05, 4.69) is 20.2 Å². The highest BCUT2D eigenvalue weighted by Gasteiger charge is 2.26. The van der Waals surface area contributed by atoms with Crippen LogP contribution in [-0.4, -0.2) is 58.3 Å². The lowest BCUT2D eigenvalue weighted by Gasteiger charge is -2.36. The lowest BCUT2D eigenvalue weighted by Crippen LogP contribution is -2.43. The molecule has 1 atom stereocenters. The smallest absolute Gasteiger partial charge is 0.222 e. The van der Waals surface area contributed by atoms with E-state index in [1.165, 1.54) is 0 Å². The lowest BCUT2D eigenvalue weighted by molar-refractivity contribution is -0.121. The van der Waals surface area contributed by atoms with Crippen LogP contribution in [-0.2, 0) is 24.2 Å². The van der Waals surface area contributed by atoms with Crippen molar-refractivity contribution in [2.24, 2.45) is 0 Å². The molecule has 1 saturated heterocycles. The summed E-state index contributed by atoms with van der Waals surface area (Å²) < 4.78 is 13.1. The number of aromatic nitrogens is 4. The van der Waals surface area contributed by atoms with Crippen LogP contribution in [0.3, 0.4) is 0 Å². The molecule has 0 spiro atoms. The second kappa shape index (κ2) is 13.1. The zero-order valence-electron chi connectivity index (χ0n) is 22.2.